The van der Waals surface area contributed by atoms with Crippen molar-refractivity contribution in [1.82, 2.24) is 4.90 Å². The zero-order chi connectivity index (χ0) is 14.2. The van der Waals surface area contributed by atoms with Gasteiger partial charge in [0, 0.05) is 22.8 Å². The average Bonchev–Trinajstić information content (AvgIpc) is 2.57. The maximum absolute atomic E-state index is 11.8. The zero-order valence-corrected chi connectivity index (χ0v) is 12.3. The van der Waals surface area contributed by atoms with Gasteiger partial charge in [0.15, 0.2) is 0 Å². The number of rotatable bonds is 3. The summed E-state index contributed by atoms with van der Waals surface area (Å²) >= 11 is 4.38. The third-order valence-electron chi connectivity index (χ3n) is 2.78. The van der Waals surface area contributed by atoms with E-state index in [1.165, 1.54) is 13.1 Å². The maximum atomic E-state index is 11.8. The first-order valence-electron chi connectivity index (χ1n) is 5.40. The number of carbonyl (C=O) groups excluding carboxylic acids is 2. The number of nitrogens with zero attached hydrogens (tertiary/aromatic N) is 1. The van der Waals surface area contributed by atoms with E-state index in [0.717, 1.165) is 21.1 Å². The molecular formula is C12H10BrNO4S. The lowest BCUT2D eigenvalue weighted by atomic mass is 10.2. The number of hydrogen-bond donors (Lipinski definition) is 1. The molecule has 1 fully saturated rings. The average molecular weight is 344 g/mol. The van der Waals surface area contributed by atoms with Crippen molar-refractivity contribution in [3.63, 3.8) is 0 Å². The molecule has 0 saturated carbocycles. The molecule has 1 aliphatic rings. The fourth-order valence-corrected chi connectivity index (χ4v) is 3.52. The van der Waals surface area contributed by atoms with Gasteiger partial charge in [-0.1, -0.05) is 15.9 Å². The summed E-state index contributed by atoms with van der Waals surface area (Å²) < 4.78 is 0.727. The summed E-state index contributed by atoms with van der Waals surface area (Å²) in [4.78, 5) is 35.9. The van der Waals surface area contributed by atoms with E-state index in [2.05, 4.69) is 15.9 Å². The van der Waals surface area contributed by atoms with Gasteiger partial charge in [-0.25, -0.2) is 4.79 Å². The second kappa shape index (κ2) is 5.34. The molecule has 1 aromatic rings. The van der Waals surface area contributed by atoms with E-state index in [-0.39, 0.29) is 23.8 Å². The summed E-state index contributed by atoms with van der Waals surface area (Å²) in [6, 6.07) is 4.74. The van der Waals surface area contributed by atoms with Gasteiger partial charge in [0.1, 0.15) is 0 Å². The predicted molar refractivity (Wildman–Crippen MR) is 73.1 cm³/mol. The van der Waals surface area contributed by atoms with Crippen molar-refractivity contribution in [2.24, 2.45) is 0 Å². The highest BCUT2D eigenvalue weighted by atomic mass is 79.9. The van der Waals surface area contributed by atoms with Gasteiger partial charge >= 0.3 is 5.97 Å². The van der Waals surface area contributed by atoms with Crippen molar-refractivity contribution in [2.75, 3.05) is 7.05 Å². The van der Waals surface area contributed by atoms with E-state index in [1.54, 1.807) is 12.1 Å². The highest BCUT2D eigenvalue weighted by Crippen LogP contribution is 2.34. The molecule has 7 heteroatoms. The van der Waals surface area contributed by atoms with Gasteiger partial charge in [0.2, 0.25) is 11.8 Å². The summed E-state index contributed by atoms with van der Waals surface area (Å²) in [5, 5.41) is 8.56. The molecule has 0 spiro atoms. The molecule has 0 radical (unpaired) electrons. The minimum atomic E-state index is -1.06. The van der Waals surface area contributed by atoms with Gasteiger partial charge in [0.25, 0.3) is 0 Å². The first-order valence-corrected chi connectivity index (χ1v) is 7.07. The topological polar surface area (TPSA) is 74.7 Å². The first kappa shape index (κ1) is 14.1. The summed E-state index contributed by atoms with van der Waals surface area (Å²) in [5.41, 5.74) is 0.128. The van der Waals surface area contributed by atoms with Gasteiger partial charge in [-0.05, 0) is 18.2 Å². The molecule has 0 aromatic heterocycles. The predicted octanol–water partition coefficient (Wildman–Crippen LogP) is 2.00. The Hall–Kier alpha value is -1.34. The highest BCUT2D eigenvalue weighted by Gasteiger charge is 2.37. The molecule has 2 amide bonds. The monoisotopic (exact) mass is 343 g/mol. The highest BCUT2D eigenvalue weighted by molar-refractivity contribution is 9.10. The molecule has 5 nitrogen and oxygen atoms in total. The van der Waals surface area contributed by atoms with E-state index in [1.807, 2.05) is 0 Å². The Morgan fingerprint density at radius 1 is 1.47 bits per heavy atom. The number of likely N-dealkylation sites (tertiary alicyclic amines) is 1. The van der Waals surface area contributed by atoms with Crippen LogP contribution in [0.2, 0.25) is 0 Å². The lowest BCUT2D eigenvalue weighted by molar-refractivity contribution is -0.136. The zero-order valence-electron chi connectivity index (χ0n) is 9.92. The van der Waals surface area contributed by atoms with Crippen LogP contribution in [0.5, 0.6) is 0 Å². The lowest BCUT2D eigenvalue weighted by Crippen LogP contribution is -2.26. The Kier molecular flexibility index (Phi) is 3.96. The molecule has 1 heterocycles. The molecule has 100 valence electrons. The van der Waals surface area contributed by atoms with Crippen LogP contribution in [-0.2, 0) is 9.59 Å². The van der Waals surface area contributed by atoms with Gasteiger partial charge in [-0.15, -0.1) is 11.8 Å². The van der Waals surface area contributed by atoms with E-state index in [4.69, 9.17) is 5.11 Å². The summed E-state index contributed by atoms with van der Waals surface area (Å²) in [5.74, 6) is -1.58. The van der Waals surface area contributed by atoms with E-state index in [0.29, 0.717) is 4.90 Å². The molecule has 1 aromatic carbocycles. The molecule has 0 bridgehead atoms. The molecular weight excluding hydrogens is 334 g/mol. The van der Waals surface area contributed by atoms with E-state index < -0.39 is 11.2 Å². The lowest BCUT2D eigenvalue weighted by Gasteiger charge is -2.11. The van der Waals surface area contributed by atoms with Crippen LogP contribution in [0, 0.1) is 0 Å². The Balaban J connectivity index is 2.29. The Morgan fingerprint density at radius 3 is 2.68 bits per heavy atom. The molecule has 1 aliphatic heterocycles. The number of halogens is 1. The number of carboxylic acid groups (broad SMARTS) is 1. The van der Waals surface area contributed by atoms with Gasteiger partial charge in [-0.3, -0.25) is 14.5 Å². The van der Waals surface area contributed by atoms with Crippen LogP contribution in [-0.4, -0.2) is 40.1 Å². The number of imide groups is 1. The molecule has 1 unspecified atom stereocenters. The summed E-state index contributed by atoms with van der Waals surface area (Å²) in [7, 11) is 1.43. The first-order chi connectivity index (χ1) is 8.90. The van der Waals surface area contributed by atoms with Crippen molar-refractivity contribution in [1.29, 1.82) is 0 Å². The summed E-state index contributed by atoms with van der Waals surface area (Å²) in [6.07, 6.45) is 0.103. The van der Waals surface area contributed by atoms with Crippen LogP contribution in [0.1, 0.15) is 16.8 Å². The number of hydrogen-bond acceptors (Lipinski definition) is 4. The molecule has 1 atom stereocenters. The minimum Gasteiger partial charge on any atom is -0.478 e. The van der Waals surface area contributed by atoms with Crippen molar-refractivity contribution in [3.8, 4) is 0 Å². The van der Waals surface area contributed by atoms with Gasteiger partial charge in [0.05, 0.1) is 10.8 Å². The van der Waals surface area contributed by atoms with E-state index >= 15 is 0 Å². The Labute approximate surface area is 122 Å². The van der Waals surface area contributed by atoms with Crippen LogP contribution in [0.3, 0.4) is 0 Å². The van der Waals surface area contributed by atoms with Crippen LogP contribution in [0.15, 0.2) is 27.6 Å². The van der Waals surface area contributed by atoms with Gasteiger partial charge in [-0.2, -0.15) is 0 Å². The minimum absolute atomic E-state index is 0.103. The van der Waals surface area contributed by atoms with Crippen LogP contribution < -0.4 is 0 Å². The van der Waals surface area contributed by atoms with Crippen molar-refractivity contribution in [2.45, 2.75) is 16.6 Å². The largest absolute Gasteiger partial charge is 0.478 e. The number of benzene rings is 1. The SMILES string of the molecule is CN1C(=O)CC(Sc2cc(Br)ccc2C(=O)O)C1=O. The van der Waals surface area contributed by atoms with Crippen molar-refractivity contribution >= 4 is 45.5 Å². The Bertz CT molecular complexity index is 575. The normalized spacial score (nSPS) is 19.1. The third kappa shape index (κ3) is 2.82. The number of amides is 2. The molecule has 1 saturated heterocycles. The number of carbonyl (C=O) groups is 3. The van der Waals surface area contributed by atoms with Crippen molar-refractivity contribution in [3.05, 3.63) is 28.2 Å². The van der Waals surface area contributed by atoms with Crippen LogP contribution in [0.25, 0.3) is 0 Å². The second-order valence-electron chi connectivity index (χ2n) is 4.05. The summed E-state index contributed by atoms with van der Waals surface area (Å²) in [6.45, 7) is 0. The molecule has 2 rings (SSSR count). The number of thioether (sulfide) groups is 1. The molecule has 19 heavy (non-hydrogen) atoms. The fourth-order valence-electron chi connectivity index (χ4n) is 1.74. The standard InChI is InChI=1S/C12H10BrNO4S/c1-14-10(15)5-9(11(14)16)19-8-4-6(13)2-3-7(8)12(17)18/h2-4,9H,5H2,1H3,(H,17,18). The third-order valence-corrected chi connectivity index (χ3v) is 4.52. The number of carboxylic acids is 1. The van der Waals surface area contributed by atoms with Crippen LogP contribution >= 0.6 is 27.7 Å². The smallest absolute Gasteiger partial charge is 0.336 e. The second-order valence-corrected chi connectivity index (χ2v) is 6.21. The van der Waals surface area contributed by atoms with Gasteiger partial charge < -0.3 is 5.11 Å². The number of aromatic carboxylic acids is 1. The van der Waals surface area contributed by atoms with Crippen molar-refractivity contribution < 1.29 is 19.5 Å². The molecule has 0 aliphatic carbocycles. The maximum Gasteiger partial charge on any atom is 0.336 e. The molecule has 1 N–H and O–H groups in total. The van der Waals surface area contributed by atoms with Crippen LogP contribution in [0.4, 0.5) is 0 Å². The fraction of sp³-hybridized carbons (Fsp3) is 0.250. The Morgan fingerprint density at radius 2 is 2.16 bits per heavy atom. The van der Waals surface area contributed by atoms with E-state index in [9.17, 15) is 14.4 Å². The quantitative estimate of drug-likeness (QED) is 0.849.